The molecule has 4 rings (SSSR count). The van der Waals surface area contributed by atoms with E-state index in [-0.39, 0.29) is 30.1 Å². The van der Waals surface area contributed by atoms with E-state index in [1.54, 1.807) is 7.05 Å². The molecule has 0 atom stereocenters. The number of carbonyl (C=O) groups excluding carboxylic acids is 1. The zero-order valence-electron chi connectivity index (χ0n) is 18.0. The fourth-order valence-electron chi connectivity index (χ4n) is 3.45. The fourth-order valence-corrected chi connectivity index (χ4v) is 3.45. The van der Waals surface area contributed by atoms with E-state index in [1.165, 1.54) is 14.7 Å². The van der Waals surface area contributed by atoms with Crippen molar-refractivity contribution in [1.82, 2.24) is 24.6 Å². The summed E-state index contributed by atoms with van der Waals surface area (Å²) in [7, 11) is 1.69. The standard InChI is InChI=1S/C23H25N5O3/c1-23(2,3)16-11-9-15(10-12-16)21-25-19(26-31-21)13-24-20(29)14-28-18-8-6-5-7-17(18)27(4)22(28)30/h5-12H,13-14H2,1-4H3,(H,24,29). The van der Waals surface area contributed by atoms with Crippen LogP contribution in [0.4, 0.5) is 0 Å². The molecule has 8 nitrogen and oxygen atoms in total. The van der Waals surface area contributed by atoms with Crippen LogP contribution >= 0.6 is 0 Å². The number of nitrogens with one attached hydrogen (secondary N) is 1. The van der Waals surface area contributed by atoms with Crippen molar-refractivity contribution in [2.75, 3.05) is 0 Å². The second-order valence-electron chi connectivity index (χ2n) is 8.54. The lowest BCUT2D eigenvalue weighted by atomic mass is 9.87. The lowest BCUT2D eigenvalue weighted by molar-refractivity contribution is -0.121. The molecule has 4 aromatic rings. The van der Waals surface area contributed by atoms with Gasteiger partial charge in [-0.2, -0.15) is 4.98 Å². The number of para-hydroxylation sites is 2. The molecule has 0 unspecified atom stereocenters. The molecule has 0 aliphatic carbocycles. The van der Waals surface area contributed by atoms with Crippen LogP contribution in [0.15, 0.2) is 57.8 Å². The molecule has 0 bridgehead atoms. The second kappa shape index (κ2) is 7.86. The number of imidazole rings is 1. The van der Waals surface area contributed by atoms with E-state index in [0.717, 1.165) is 11.1 Å². The van der Waals surface area contributed by atoms with Crippen molar-refractivity contribution in [1.29, 1.82) is 0 Å². The van der Waals surface area contributed by atoms with Gasteiger partial charge < -0.3 is 9.84 Å². The molecule has 1 amide bonds. The Balaban J connectivity index is 1.42. The van der Waals surface area contributed by atoms with Crippen LogP contribution < -0.4 is 11.0 Å². The number of hydrogen-bond acceptors (Lipinski definition) is 5. The third-order valence-electron chi connectivity index (χ3n) is 5.26. The van der Waals surface area contributed by atoms with Gasteiger partial charge in [0.2, 0.25) is 5.91 Å². The molecule has 160 valence electrons. The Kier molecular flexibility index (Phi) is 5.22. The molecule has 8 heteroatoms. The largest absolute Gasteiger partial charge is 0.347 e. The predicted molar refractivity (Wildman–Crippen MR) is 117 cm³/mol. The first-order valence-electron chi connectivity index (χ1n) is 10.1. The average molecular weight is 419 g/mol. The first kappa shape index (κ1) is 20.6. The van der Waals surface area contributed by atoms with Gasteiger partial charge in [0.25, 0.3) is 5.89 Å². The molecule has 0 radical (unpaired) electrons. The Morgan fingerprint density at radius 3 is 2.42 bits per heavy atom. The van der Waals surface area contributed by atoms with Crippen molar-refractivity contribution < 1.29 is 9.32 Å². The number of aromatic nitrogens is 4. The molecule has 0 saturated carbocycles. The molecule has 2 heterocycles. The van der Waals surface area contributed by atoms with E-state index in [2.05, 4.69) is 36.2 Å². The van der Waals surface area contributed by atoms with E-state index in [0.29, 0.717) is 17.2 Å². The number of hydrogen-bond donors (Lipinski definition) is 1. The Bertz CT molecular complexity index is 1290. The highest BCUT2D eigenvalue weighted by atomic mass is 16.5. The highest BCUT2D eigenvalue weighted by Crippen LogP contribution is 2.25. The summed E-state index contributed by atoms with van der Waals surface area (Å²) in [4.78, 5) is 29.2. The van der Waals surface area contributed by atoms with Crippen molar-refractivity contribution in [2.24, 2.45) is 7.05 Å². The Morgan fingerprint density at radius 2 is 1.74 bits per heavy atom. The summed E-state index contributed by atoms with van der Waals surface area (Å²) in [5.41, 5.74) is 3.35. The van der Waals surface area contributed by atoms with E-state index in [1.807, 2.05) is 48.5 Å². The van der Waals surface area contributed by atoms with Gasteiger partial charge in [-0.15, -0.1) is 0 Å². The van der Waals surface area contributed by atoms with Crippen LogP contribution in [0.2, 0.25) is 0 Å². The number of rotatable bonds is 5. The summed E-state index contributed by atoms with van der Waals surface area (Å²) in [5.74, 6) is 0.461. The SMILES string of the molecule is Cn1c(=O)n(CC(=O)NCc2noc(-c3ccc(C(C)(C)C)cc3)n2)c2ccccc21. The predicted octanol–water partition coefficient (Wildman–Crippen LogP) is 3.00. The van der Waals surface area contributed by atoms with Gasteiger partial charge in [-0.1, -0.05) is 50.2 Å². The van der Waals surface area contributed by atoms with Gasteiger partial charge in [0, 0.05) is 12.6 Å². The van der Waals surface area contributed by atoms with Crippen LogP contribution in [-0.2, 0) is 30.3 Å². The summed E-state index contributed by atoms with van der Waals surface area (Å²) < 4.78 is 8.31. The van der Waals surface area contributed by atoms with E-state index >= 15 is 0 Å². The summed E-state index contributed by atoms with van der Waals surface area (Å²) in [6.45, 7) is 6.49. The lowest BCUT2D eigenvalue weighted by Gasteiger charge is -2.18. The third-order valence-corrected chi connectivity index (χ3v) is 5.26. The Labute approximate surface area is 179 Å². The van der Waals surface area contributed by atoms with E-state index in [9.17, 15) is 9.59 Å². The Hall–Kier alpha value is -3.68. The van der Waals surface area contributed by atoms with Gasteiger partial charge in [0.15, 0.2) is 5.82 Å². The molecule has 0 fully saturated rings. The molecule has 31 heavy (non-hydrogen) atoms. The minimum Gasteiger partial charge on any atom is -0.347 e. The van der Waals surface area contributed by atoms with Crippen molar-refractivity contribution in [2.45, 2.75) is 39.3 Å². The molecule has 1 N–H and O–H groups in total. The third kappa shape index (κ3) is 4.14. The number of benzene rings is 2. The van der Waals surface area contributed by atoms with Crippen LogP contribution in [0.25, 0.3) is 22.5 Å². The van der Waals surface area contributed by atoms with Crippen molar-refractivity contribution >= 4 is 16.9 Å². The zero-order valence-corrected chi connectivity index (χ0v) is 18.0. The summed E-state index contributed by atoms with van der Waals surface area (Å²) in [6.07, 6.45) is 0. The number of nitrogens with zero attached hydrogens (tertiary/aromatic N) is 4. The average Bonchev–Trinajstić information content (AvgIpc) is 3.31. The first-order valence-corrected chi connectivity index (χ1v) is 10.1. The quantitative estimate of drug-likeness (QED) is 0.537. The first-order chi connectivity index (χ1) is 14.7. The van der Waals surface area contributed by atoms with Crippen molar-refractivity contribution in [3.05, 3.63) is 70.4 Å². The monoisotopic (exact) mass is 419 g/mol. The molecule has 2 aromatic carbocycles. The summed E-state index contributed by atoms with van der Waals surface area (Å²) in [6, 6.07) is 15.3. The van der Waals surface area contributed by atoms with Crippen molar-refractivity contribution in [3.63, 3.8) is 0 Å². The van der Waals surface area contributed by atoms with Gasteiger partial charge in [-0.3, -0.25) is 13.9 Å². The second-order valence-corrected chi connectivity index (χ2v) is 8.54. The van der Waals surface area contributed by atoms with Crippen LogP contribution in [0, 0.1) is 0 Å². The highest BCUT2D eigenvalue weighted by Gasteiger charge is 2.16. The fraction of sp³-hybridized carbons (Fsp3) is 0.304. The topological polar surface area (TPSA) is 95.0 Å². The van der Waals surface area contributed by atoms with Gasteiger partial charge in [0.05, 0.1) is 17.6 Å². The molecule has 0 aliphatic heterocycles. The smallest absolute Gasteiger partial charge is 0.329 e. The number of amides is 1. The molecular weight excluding hydrogens is 394 g/mol. The highest BCUT2D eigenvalue weighted by molar-refractivity contribution is 5.80. The van der Waals surface area contributed by atoms with Gasteiger partial charge in [0.1, 0.15) is 6.54 Å². The van der Waals surface area contributed by atoms with E-state index in [4.69, 9.17) is 4.52 Å². The van der Waals surface area contributed by atoms with E-state index < -0.39 is 0 Å². The number of fused-ring (bicyclic) bond motifs is 1. The summed E-state index contributed by atoms with van der Waals surface area (Å²) >= 11 is 0. The van der Waals surface area contributed by atoms with Crippen LogP contribution in [0.1, 0.15) is 32.2 Å². The maximum atomic E-state index is 12.5. The molecule has 0 spiro atoms. The van der Waals surface area contributed by atoms with Crippen LogP contribution in [0.3, 0.4) is 0 Å². The molecule has 0 aliphatic rings. The lowest BCUT2D eigenvalue weighted by Crippen LogP contribution is -2.32. The summed E-state index contributed by atoms with van der Waals surface area (Å²) in [5, 5.41) is 6.69. The van der Waals surface area contributed by atoms with Crippen molar-refractivity contribution in [3.8, 4) is 11.5 Å². The van der Waals surface area contributed by atoms with Gasteiger partial charge in [-0.25, -0.2) is 4.79 Å². The number of carbonyl (C=O) groups is 1. The number of aryl methyl sites for hydroxylation is 1. The Morgan fingerprint density at radius 1 is 1.06 bits per heavy atom. The molecule has 0 saturated heterocycles. The molecule has 2 aromatic heterocycles. The zero-order chi connectivity index (χ0) is 22.2. The van der Waals surface area contributed by atoms with Gasteiger partial charge >= 0.3 is 5.69 Å². The van der Waals surface area contributed by atoms with Crippen LogP contribution in [-0.4, -0.2) is 25.2 Å². The van der Waals surface area contributed by atoms with Crippen LogP contribution in [0.5, 0.6) is 0 Å². The van der Waals surface area contributed by atoms with Gasteiger partial charge in [-0.05, 0) is 35.2 Å². The minimum atomic E-state index is -0.306. The minimum absolute atomic E-state index is 0.0643. The maximum absolute atomic E-state index is 12.5. The normalized spacial score (nSPS) is 11.7. The maximum Gasteiger partial charge on any atom is 0.329 e. The molecular formula is C23H25N5O3.